The molecule has 0 radical (unpaired) electrons. The topological polar surface area (TPSA) is 44.8 Å². The van der Waals surface area contributed by atoms with E-state index in [2.05, 4.69) is 39.4 Å². The predicted molar refractivity (Wildman–Crippen MR) is 91.6 cm³/mol. The van der Waals surface area contributed by atoms with Crippen LogP contribution in [-0.4, -0.2) is 57.8 Å². The third-order valence-corrected chi connectivity index (χ3v) is 4.70. The smallest absolute Gasteiger partial charge is 0.223 e. The van der Waals surface area contributed by atoms with Crippen LogP contribution >= 0.6 is 0 Å². The van der Waals surface area contributed by atoms with Crippen LogP contribution in [0.25, 0.3) is 0 Å². The van der Waals surface area contributed by atoms with Crippen molar-refractivity contribution in [2.24, 2.45) is 5.92 Å². The Balaban J connectivity index is 1.71. The molecule has 0 unspecified atom stereocenters. The van der Waals surface area contributed by atoms with Crippen LogP contribution in [0.3, 0.4) is 0 Å². The van der Waals surface area contributed by atoms with E-state index in [1.807, 2.05) is 14.1 Å². The van der Waals surface area contributed by atoms with Crippen LogP contribution in [-0.2, 0) is 9.53 Å². The number of ether oxygens (including phenoxy) is 1. The SMILES string of the molecule is CN(C)c1ccc([C@H](CNC(=O)C2CC2)N2CCOCC2)cc1. The zero-order valence-electron chi connectivity index (χ0n) is 14.1. The number of anilines is 1. The number of benzene rings is 1. The summed E-state index contributed by atoms with van der Waals surface area (Å²) >= 11 is 0. The maximum atomic E-state index is 12.0. The Morgan fingerprint density at radius 2 is 1.91 bits per heavy atom. The fraction of sp³-hybridized carbons (Fsp3) is 0.611. The number of carbonyl (C=O) groups is 1. The van der Waals surface area contributed by atoms with Crippen LogP contribution in [0.4, 0.5) is 5.69 Å². The Morgan fingerprint density at radius 3 is 2.48 bits per heavy atom. The van der Waals surface area contributed by atoms with Crippen LogP contribution < -0.4 is 10.2 Å². The van der Waals surface area contributed by atoms with Gasteiger partial charge < -0.3 is 15.0 Å². The predicted octanol–water partition coefficient (Wildman–Crippen LogP) is 1.65. The average molecular weight is 317 g/mol. The highest BCUT2D eigenvalue weighted by Gasteiger charge is 2.31. The van der Waals surface area contributed by atoms with Crippen LogP contribution in [0.1, 0.15) is 24.4 Å². The quantitative estimate of drug-likeness (QED) is 0.866. The van der Waals surface area contributed by atoms with E-state index in [1.54, 1.807) is 0 Å². The van der Waals surface area contributed by atoms with Crippen LogP contribution in [0, 0.1) is 5.92 Å². The Morgan fingerprint density at radius 1 is 1.26 bits per heavy atom. The normalized spacial score (nSPS) is 20.1. The molecule has 0 aromatic heterocycles. The van der Waals surface area contributed by atoms with E-state index < -0.39 is 0 Å². The summed E-state index contributed by atoms with van der Waals surface area (Å²) in [4.78, 5) is 16.5. The lowest BCUT2D eigenvalue weighted by molar-refractivity contribution is -0.122. The zero-order chi connectivity index (χ0) is 16.2. The van der Waals surface area contributed by atoms with Crippen LogP contribution in [0.15, 0.2) is 24.3 Å². The van der Waals surface area contributed by atoms with E-state index in [0.29, 0.717) is 6.54 Å². The molecule has 2 fully saturated rings. The number of nitrogens with zero attached hydrogens (tertiary/aromatic N) is 2. The molecule has 1 heterocycles. The molecule has 3 rings (SSSR count). The van der Waals surface area contributed by atoms with Gasteiger partial charge in [-0.25, -0.2) is 0 Å². The van der Waals surface area contributed by atoms with Crippen molar-refractivity contribution >= 4 is 11.6 Å². The minimum Gasteiger partial charge on any atom is -0.379 e. The Bertz CT molecular complexity index is 520. The number of nitrogens with one attached hydrogen (secondary N) is 1. The molecule has 1 aliphatic heterocycles. The second kappa shape index (κ2) is 7.32. The monoisotopic (exact) mass is 317 g/mol. The lowest BCUT2D eigenvalue weighted by atomic mass is 10.0. The number of morpholine rings is 1. The van der Waals surface area contributed by atoms with Gasteiger partial charge in [-0.1, -0.05) is 12.1 Å². The molecule has 0 bridgehead atoms. The summed E-state index contributed by atoms with van der Waals surface area (Å²) in [5.74, 6) is 0.477. The number of rotatable bonds is 6. The molecule has 1 saturated carbocycles. The third kappa shape index (κ3) is 4.24. The first kappa shape index (κ1) is 16.3. The highest BCUT2D eigenvalue weighted by molar-refractivity contribution is 5.80. The van der Waals surface area contributed by atoms with Crippen LogP contribution in [0.5, 0.6) is 0 Å². The number of carbonyl (C=O) groups excluding carboxylic acids is 1. The number of hydrogen-bond donors (Lipinski definition) is 1. The minimum absolute atomic E-state index is 0.216. The van der Waals surface area contributed by atoms with Gasteiger partial charge in [0, 0.05) is 45.3 Å². The lowest BCUT2D eigenvalue weighted by Gasteiger charge is -2.35. The van der Waals surface area contributed by atoms with E-state index >= 15 is 0 Å². The van der Waals surface area contributed by atoms with Gasteiger partial charge in [-0.3, -0.25) is 9.69 Å². The fourth-order valence-corrected chi connectivity index (χ4v) is 3.03. The van der Waals surface area contributed by atoms with Crippen molar-refractivity contribution in [3.8, 4) is 0 Å². The van der Waals surface area contributed by atoms with E-state index in [9.17, 15) is 4.79 Å². The van der Waals surface area contributed by atoms with E-state index in [4.69, 9.17) is 4.74 Å². The maximum absolute atomic E-state index is 12.0. The van der Waals surface area contributed by atoms with Crippen molar-refractivity contribution in [1.29, 1.82) is 0 Å². The summed E-state index contributed by atoms with van der Waals surface area (Å²) in [6.07, 6.45) is 2.09. The Hall–Kier alpha value is -1.59. The summed E-state index contributed by atoms with van der Waals surface area (Å²) in [5.41, 5.74) is 2.45. The van der Waals surface area contributed by atoms with Crippen LogP contribution in [0.2, 0.25) is 0 Å². The van der Waals surface area contributed by atoms with Gasteiger partial charge >= 0.3 is 0 Å². The molecule has 126 valence electrons. The fourth-order valence-electron chi connectivity index (χ4n) is 3.03. The summed E-state index contributed by atoms with van der Waals surface area (Å²) in [6, 6.07) is 8.87. The van der Waals surface area contributed by atoms with Crippen molar-refractivity contribution in [2.45, 2.75) is 18.9 Å². The molecule has 1 aromatic carbocycles. The summed E-state index contributed by atoms with van der Waals surface area (Å²) in [6.45, 7) is 4.04. The van der Waals surface area contributed by atoms with Crippen molar-refractivity contribution in [3.63, 3.8) is 0 Å². The van der Waals surface area contributed by atoms with E-state index in [1.165, 1.54) is 11.3 Å². The maximum Gasteiger partial charge on any atom is 0.223 e. The van der Waals surface area contributed by atoms with Gasteiger partial charge in [0.15, 0.2) is 0 Å². The highest BCUT2D eigenvalue weighted by atomic mass is 16.5. The second-order valence-electron chi connectivity index (χ2n) is 6.67. The van der Waals surface area contributed by atoms with Gasteiger partial charge in [0.2, 0.25) is 5.91 Å². The summed E-state index contributed by atoms with van der Waals surface area (Å²) in [5, 5.41) is 3.15. The van der Waals surface area contributed by atoms with Crippen molar-refractivity contribution in [2.75, 3.05) is 51.8 Å². The van der Waals surface area contributed by atoms with Gasteiger partial charge in [-0.2, -0.15) is 0 Å². The Kier molecular flexibility index (Phi) is 5.18. The molecule has 1 atom stereocenters. The number of hydrogen-bond acceptors (Lipinski definition) is 4. The molecular weight excluding hydrogens is 290 g/mol. The number of amides is 1. The first-order valence-corrected chi connectivity index (χ1v) is 8.52. The summed E-state index contributed by atoms with van der Waals surface area (Å²) < 4.78 is 5.47. The van der Waals surface area contributed by atoms with Gasteiger partial charge in [0.1, 0.15) is 0 Å². The molecule has 1 N–H and O–H groups in total. The standard InChI is InChI=1S/C18H27N3O2/c1-20(2)16-7-5-14(6-8-16)17(21-9-11-23-12-10-21)13-19-18(22)15-3-4-15/h5-8,15,17H,3-4,9-13H2,1-2H3,(H,19,22)/t17-/m0/s1. The van der Waals surface area contributed by atoms with E-state index in [-0.39, 0.29) is 17.9 Å². The second-order valence-corrected chi connectivity index (χ2v) is 6.67. The van der Waals surface area contributed by atoms with Gasteiger partial charge in [0.25, 0.3) is 0 Å². The van der Waals surface area contributed by atoms with Gasteiger partial charge in [-0.15, -0.1) is 0 Å². The molecule has 0 spiro atoms. The molecule has 1 aromatic rings. The first-order chi connectivity index (χ1) is 11.1. The molecule has 23 heavy (non-hydrogen) atoms. The van der Waals surface area contributed by atoms with E-state index in [0.717, 1.165) is 39.1 Å². The minimum atomic E-state index is 0.216. The molecular formula is C18H27N3O2. The van der Waals surface area contributed by atoms with Gasteiger partial charge in [-0.05, 0) is 30.5 Å². The molecule has 1 aliphatic carbocycles. The molecule has 5 nitrogen and oxygen atoms in total. The van der Waals surface area contributed by atoms with Crippen molar-refractivity contribution < 1.29 is 9.53 Å². The largest absolute Gasteiger partial charge is 0.379 e. The van der Waals surface area contributed by atoms with Crippen molar-refractivity contribution in [3.05, 3.63) is 29.8 Å². The zero-order valence-corrected chi connectivity index (χ0v) is 14.1. The molecule has 5 heteroatoms. The average Bonchev–Trinajstić information content (AvgIpc) is 3.41. The molecule has 1 amide bonds. The highest BCUT2D eigenvalue weighted by Crippen LogP contribution is 2.29. The lowest BCUT2D eigenvalue weighted by Crippen LogP contribution is -2.44. The third-order valence-electron chi connectivity index (χ3n) is 4.70. The van der Waals surface area contributed by atoms with Crippen molar-refractivity contribution in [1.82, 2.24) is 10.2 Å². The summed E-state index contributed by atoms with van der Waals surface area (Å²) in [7, 11) is 4.09. The molecule has 1 saturated heterocycles. The first-order valence-electron chi connectivity index (χ1n) is 8.52. The molecule has 2 aliphatic rings. The van der Waals surface area contributed by atoms with Gasteiger partial charge in [0.05, 0.1) is 19.3 Å². The Labute approximate surface area is 138 Å².